The summed E-state index contributed by atoms with van der Waals surface area (Å²) in [7, 11) is 1.78. The van der Waals surface area contributed by atoms with Crippen LogP contribution in [0, 0.1) is 0 Å². The average molecular weight is 343 g/mol. The molecule has 146 valence electrons. The first kappa shape index (κ1) is 23.9. The van der Waals surface area contributed by atoms with E-state index in [1.54, 1.807) is 7.11 Å². The lowest BCUT2D eigenvalue weighted by Gasteiger charge is -2.16. The summed E-state index contributed by atoms with van der Waals surface area (Å²) in [4.78, 5) is 0. The fraction of sp³-hybridized carbons (Fsp3) is 1.00. The number of unbranched alkanes of at least 4 members (excludes halogenated alkanes) is 14. The van der Waals surface area contributed by atoms with Gasteiger partial charge in [0.05, 0.1) is 0 Å². The van der Waals surface area contributed by atoms with Crippen LogP contribution in [0.15, 0.2) is 0 Å². The van der Waals surface area contributed by atoms with Crippen LogP contribution in [0.1, 0.15) is 123 Å². The minimum Gasteiger partial charge on any atom is -0.356 e. The van der Waals surface area contributed by atoms with Gasteiger partial charge in [0, 0.05) is 13.7 Å². The first-order valence-corrected chi connectivity index (χ1v) is 11.0. The van der Waals surface area contributed by atoms with Crippen molar-refractivity contribution in [1.29, 1.82) is 0 Å². The van der Waals surface area contributed by atoms with E-state index in [9.17, 15) is 0 Å². The van der Waals surface area contributed by atoms with Crippen LogP contribution in [0.25, 0.3) is 0 Å². The fourth-order valence-electron chi connectivity index (χ4n) is 3.16. The van der Waals surface area contributed by atoms with E-state index >= 15 is 0 Å². The minimum absolute atomic E-state index is 0.0228. The SMILES string of the molecule is CCCCCCCCCCOC(CCCCCCCCCC)OC. The Kier molecular flexibility index (Phi) is 20.9. The third-order valence-corrected chi connectivity index (χ3v) is 4.86. The van der Waals surface area contributed by atoms with Gasteiger partial charge in [-0.1, -0.05) is 104 Å². The summed E-state index contributed by atoms with van der Waals surface area (Å²) in [6.45, 7) is 5.42. The molecule has 0 aliphatic heterocycles. The normalized spacial score (nSPS) is 12.6. The minimum atomic E-state index is 0.0228. The van der Waals surface area contributed by atoms with Gasteiger partial charge < -0.3 is 9.47 Å². The van der Waals surface area contributed by atoms with Gasteiger partial charge in [0.2, 0.25) is 0 Å². The van der Waals surface area contributed by atoms with E-state index in [2.05, 4.69) is 13.8 Å². The van der Waals surface area contributed by atoms with Crippen molar-refractivity contribution in [2.75, 3.05) is 13.7 Å². The predicted octanol–water partition coefficient (Wildman–Crippen LogP) is 7.65. The monoisotopic (exact) mass is 342 g/mol. The van der Waals surface area contributed by atoms with Crippen molar-refractivity contribution in [1.82, 2.24) is 0 Å². The van der Waals surface area contributed by atoms with Crippen molar-refractivity contribution in [3.63, 3.8) is 0 Å². The molecule has 0 aliphatic rings. The molecular formula is C22H46O2. The summed E-state index contributed by atoms with van der Waals surface area (Å²) >= 11 is 0. The second-order valence-corrected chi connectivity index (χ2v) is 7.27. The van der Waals surface area contributed by atoms with Gasteiger partial charge in [-0.25, -0.2) is 0 Å². The number of ether oxygens (including phenoxy) is 2. The molecule has 2 heteroatoms. The third kappa shape index (κ3) is 18.3. The van der Waals surface area contributed by atoms with Crippen molar-refractivity contribution in [2.45, 2.75) is 129 Å². The first-order valence-electron chi connectivity index (χ1n) is 11.0. The van der Waals surface area contributed by atoms with Crippen LogP contribution in [0.4, 0.5) is 0 Å². The first-order chi connectivity index (χ1) is 11.8. The smallest absolute Gasteiger partial charge is 0.157 e. The van der Waals surface area contributed by atoms with Gasteiger partial charge in [0.25, 0.3) is 0 Å². The highest BCUT2D eigenvalue weighted by Gasteiger charge is 2.06. The second kappa shape index (κ2) is 21.0. The maximum atomic E-state index is 5.87. The number of hydrogen-bond acceptors (Lipinski definition) is 2. The number of hydrogen-bond donors (Lipinski definition) is 0. The molecule has 0 radical (unpaired) electrons. The quantitative estimate of drug-likeness (QED) is 0.167. The lowest BCUT2D eigenvalue weighted by molar-refractivity contribution is -0.128. The molecule has 0 saturated heterocycles. The van der Waals surface area contributed by atoms with Crippen LogP contribution >= 0.6 is 0 Å². The molecule has 0 rings (SSSR count). The Hall–Kier alpha value is -0.0800. The van der Waals surface area contributed by atoms with Gasteiger partial charge in [-0.15, -0.1) is 0 Å². The Morgan fingerprint density at radius 2 is 0.958 bits per heavy atom. The molecule has 0 bridgehead atoms. The van der Waals surface area contributed by atoms with Crippen LogP contribution in [-0.2, 0) is 9.47 Å². The van der Waals surface area contributed by atoms with Gasteiger partial charge in [-0.2, -0.15) is 0 Å². The molecule has 0 aromatic carbocycles. The Morgan fingerprint density at radius 3 is 1.42 bits per heavy atom. The van der Waals surface area contributed by atoms with Crippen LogP contribution in [-0.4, -0.2) is 20.0 Å². The van der Waals surface area contributed by atoms with E-state index in [-0.39, 0.29) is 6.29 Å². The lowest BCUT2D eigenvalue weighted by atomic mass is 10.1. The van der Waals surface area contributed by atoms with Gasteiger partial charge in [0.1, 0.15) is 0 Å². The number of rotatable bonds is 20. The van der Waals surface area contributed by atoms with E-state index in [0.717, 1.165) is 13.0 Å². The van der Waals surface area contributed by atoms with Gasteiger partial charge in [-0.3, -0.25) is 0 Å². The molecule has 0 fully saturated rings. The fourth-order valence-corrected chi connectivity index (χ4v) is 3.16. The Labute approximate surface area is 153 Å². The molecule has 0 aromatic heterocycles. The molecule has 0 saturated carbocycles. The summed E-state index contributed by atoms with van der Waals surface area (Å²) < 4.78 is 11.3. The molecule has 0 amide bonds. The van der Waals surface area contributed by atoms with Crippen molar-refractivity contribution in [2.24, 2.45) is 0 Å². The maximum absolute atomic E-state index is 5.87. The average Bonchev–Trinajstić information content (AvgIpc) is 2.60. The standard InChI is InChI=1S/C22H46O2/c1-4-6-8-10-12-14-16-18-20-22(23-3)24-21-19-17-15-13-11-9-7-5-2/h22H,4-21H2,1-3H3. The lowest BCUT2D eigenvalue weighted by Crippen LogP contribution is -2.16. The Morgan fingerprint density at radius 1 is 0.542 bits per heavy atom. The van der Waals surface area contributed by atoms with E-state index in [1.165, 1.54) is 103 Å². The molecule has 0 aromatic rings. The summed E-state index contributed by atoms with van der Waals surface area (Å²) in [6, 6.07) is 0. The summed E-state index contributed by atoms with van der Waals surface area (Å²) in [6.07, 6.45) is 22.8. The van der Waals surface area contributed by atoms with E-state index < -0.39 is 0 Å². The molecule has 0 aliphatic carbocycles. The molecule has 0 heterocycles. The molecule has 0 spiro atoms. The van der Waals surface area contributed by atoms with Gasteiger partial charge >= 0.3 is 0 Å². The topological polar surface area (TPSA) is 18.5 Å². The predicted molar refractivity (Wildman–Crippen MR) is 107 cm³/mol. The zero-order valence-corrected chi connectivity index (χ0v) is 17.1. The zero-order valence-electron chi connectivity index (χ0n) is 17.1. The molecule has 0 N–H and O–H groups in total. The summed E-state index contributed by atoms with van der Waals surface area (Å²) in [5.74, 6) is 0. The van der Waals surface area contributed by atoms with Crippen molar-refractivity contribution in [3.05, 3.63) is 0 Å². The van der Waals surface area contributed by atoms with Crippen molar-refractivity contribution >= 4 is 0 Å². The molecule has 1 unspecified atom stereocenters. The largest absolute Gasteiger partial charge is 0.356 e. The van der Waals surface area contributed by atoms with E-state index in [0.29, 0.717) is 0 Å². The van der Waals surface area contributed by atoms with Crippen molar-refractivity contribution < 1.29 is 9.47 Å². The maximum Gasteiger partial charge on any atom is 0.157 e. The summed E-state index contributed by atoms with van der Waals surface area (Å²) in [5, 5.41) is 0. The zero-order chi connectivity index (χ0) is 17.7. The highest BCUT2D eigenvalue weighted by molar-refractivity contribution is 4.51. The third-order valence-electron chi connectivity index (χ3n) is 4.86. The van der Waals surface area contributed by atoms with Crippen LogP contribution in [0.2, 0.25) is 0 Å². The molecular weight excluding hydrogens is 296 g/mol. The van der Waals surface area contributed by atoms with Gasteiger partial charge in [0.15, 0.2) is 6.29 Å². The molecule has 1 atom stereocenters. The van der Waals surface area contributed by atoms with E-state index in [4.69, 9.17) is 9.47 Å². The number of methoxy groups -OCH3 is 1. The highest BCUT2D eigenvalue weighted by atomic mass is 16.7. The Balaban J connectivity index is 3.28. The van der Waals surface area contributed by atoms with E-state index in [1.807, 2.05) is 0 Å². The second-order valence-electron chi connectivity index (χ2n) is 7.27. The van der Waals surface area contributed by atoms with Crippen molar-refractivity contribution in [3.8, 4) is 0 Å². The summed E-state index contributed by atoms with van der Waals surface area (Å²) in [5.41, 5.74) is 0. The molecule has 2 nitrogen and oxygen atoms in total. The highest BCUT2D eigenvalue weighted by Crippen LogP contribution is 2.13. The van der Waals surface area contributed by atoms with Crippen LogP contribution in [0.5, 0.6) is 0 Å². The van der Waals surface area contributed by atoms with Crippen LogP contribution in [0.3, 0.4) is 0 Å². The van der Waals surface area contributed by atoms with Gasteiger partial charge in [-0.05, 0) is 19.3 Å². The molecule has 24 heavy (non-hydrogen) atoms. The Bertz CT molecular complexity index is 218. The van der Waals surface area contributed by atoms with Crippen LogP contribution < -0.4 is 0 Å².